The van der Waals surface area contributed by atoms with Crippen molar-refractivity contribution >= 4 is 95.4 Å². The lowest BCUT2D eigenvalue weighted by Crippen LogP contribution is -1.88. The summed E-state index contributed by atoms with van der Waals surface area (Å²) in [5.41, 5.74) is 5.23. The van der Waals surface area contributed by atoms with E-state index in [-0.39, 0.29) is 0 Å². The maximum absolute atomic E-state index is 9.00. The molecule has 0 radical (unpaired) electrons. The molecule has 0 unspecified atom stereocenters. The first-order valence-electron chi connectivity index (χ1n) is 15.2. The summed E-state index contributed by atoms with van der Waals surface area (Å²) in [5.74, 6) is -0.833. The Morgan fingerprint density at radius 2 is 0.783 bits per heavy atom. The molecule has 0 aliphatic rings. The monoisotopic (exact) mass is 823 g/mol. The number of fused-ring (bicyclic) bond motifs is 4. The van der Waals surface area contributed by atoms with Gasteiger partial charge in [0.15, 0.2) is 0 Å². The second kappa shape index (κ2) is 15.3. The van der Waals surface area contributed by atoms with Crippen LogP contribution < -0.4 is 0 Å². The highest BCUT2D eigenvalue weighted by molar-refractivity contribution is 14.1. The molecule has 0 saturated heterocycles. The first-order valence-corrected chi connectivity index (χ1v) is 15.9. The molecule has 8 aromatic rings. The van der Waals surface area contributed by atoms with Gasteiger partial charge in [-0.25, -0.2) is 0 Å². The number of halogens is 2. The number of carboxylic acids is 1. The molecule has 0 aliphatic carbocycles. The SMILES string of the molecule is CC(=O)O.Ic1c2ccccc2c(-c2ccccc2)c2ccccc12.[2H]I.c1ccc(-c2c3ccccc3cc3ccccc23)cc1. The molecule has 0 bridgehead atoms. The third-order valence-electron chi connectivity index (χ3n) is 7.76. The Balaban J connectivity index is 0.000000159. The van der Waals surface area contributed by atoms with Crippen LogP contribution in [0.5, 0.6) is 0 Å². The number of carboxylic acid groups (broad SMARTS) is 1. The van der Waals surface area contributed by atoms with Crippen LogP contribution in [-0.4, -0.2) is 11.7 Å². The zero-order chi connectivity index (χ0) is 33.2. The first-order chi connectivity index (χ1) is 23.0. The molecule has 1 N–H and O–H groups in total. The third kappa shape index (κ3) is 7.08. The van der Waals surface area contributed by atoms with Crippen LogP contribution in [0.25, 0.3) is 65.3 Å². The first kappa shape index (κ1) is 31.7. The molecule has 8 rings (SSSR count). The summed E-state index contributed by atoms with van der Waals surface area (Å²) in [4.78, 5) is 9.00. The van der Waals surface area contributed by atoms with Crippen LogP contribution in [0.15, 0.2) is 164 Å². The Morgan fingerprint density at radius 3 is 1.17 bits per heavy atom. The molecule has 226 valence electrons. The molecule has 0 amide bonds. The van der Waals surface area contributed by atoms with Crippen LogP contribution in [0.1, 0.15) is 6.92 Å². The Kier molecular flexibility index (Phi) is 10.6. The van der Waals surface area contributed by atoms with Crippen molar-refractivity contribution in [1.82, 2.24) is 0 Å². The summed E-state index contributed by atoms with van der Waals surface area (Å²) < 4.78 is 7.05. The van der Waals surface area contributed by atoms with E-state index in [0.29, 0.717) is 0 Å². The van der Waals surface area contributed by atoms with Crippen molar-refractivity contribution < 1.29 is 9.90 Å². The van der Waals surface area contributed by atoms with Crippen LogP contribution >= 0.6 is 46.4 Å². The molecule has 2 nitrogen and oxygen atoms in total. The van der Waals surface area contributed by atoms with E-state index in [2.05, 4.69) is 186 Å². The fraction of sp³-hybridized carbons (Fsp3) is 0.0238. The molecule has 46 heavy (non-hydrogen) atoms. The topological polar surface area (TPSA) is 37.3 Å². The van der Waals surface area contributed by atoms with Crippen LogP contribution in [0, 0.1) is 3.57 Å². The second-order valence-corrected chi connectivity index (χ2v) is 11.8. The smallest absolute Gasteiger partial charge is 0.300 e. The van der Waals surface area contributed by atoms with Gasteiger partial charge in [0, 0.05) is 10.5 Å². The lowest BCUT2D eigenvalue weighted by Gasteiger charge is -2.14. The van der Waals surface area contributed by atoms with E-state index in [4.69, 9.17) is 10.5 Å². The summed E-state index contributed by atoms with van der Waals surface area (Å²) in [7, 11) is 0. The zero-order valence-electron chi connectivity index (χ0n) is 26.2. The molecular weight excluding hydrogens is 790 g/mol. The number of rotatable bonds is 2. The molecule has 0 fully saturated rings. The van der Waals surface area contributed by atoms with Gasteiger partial charge in [-0.05, 0) is 94.0 Å². The van der Waals surface area contributed by atoms with Gasteiger partial charge in [-0.1, -0.05) is 158 Å². The number of aliphatic carboxylic acids is 1. The van der Waals surface area contributed by atoms with E-state index in [9.17, 15) is 0 Å². The van der Waals surface area contributed by atoms with Gasteiger partial charge >= 0.3 is 0 Å². The number of benzene rings is 8. The molecule has 0 spiro atoms. The third-order valence-corrected chi connectivity index (χ3v) is 8.92. The minimum atomic E-state index is -0.833. The van der Waals surface area contributed by atoms with E-state index >= 15 is 0 Å². The lowest BCUT2D eigenvalue weighted by molar-refractivity contribution is -0.134. The summed E-state index contributed by atoms with van der Waals surface area (Å²) in [5, 5.41) is 18.0. The highest BCUT2D eigenvalue weighted by Gasteiger charge is 2.13. The zero-order valence-corrected chi connectivity index (χ0v) is 29.5. The normalized spacial score (nSPS) is 10.5. The van der Waals surface area contributed by atoms with Crippen molar-refractivity contribution in [2.45, 2.75) is 6.92 Å². The standard InChI is InChI=1S/C20H13I.C20H14.C2H4O2.HI/c21-20-17-12-6-4-10-15(17)19(14-8-2-1-3-9-14)16-11-5-7-13-18(16)20;1-2-8-15(9-3-1)20-18-12-6-4-10-16(18)14-17-11-5-7-13-19(17)20;1-2(3)4;/h1-13H;1-14H;1H3,(H,3,4);1H/i/hD. The molecule has 0 aromatic heterocycles. The molecule has 0 atom stereocenters. The summed E-state index contributed by atoms with van der Waals surface area (Å²) in [6.45, 7) is 1.08. The Morgan fingerprint density at radius 1 is 0.500 bits per heavy atom. The maximum atomic E-state index is 9.00. The van der Waals surface area contributed by atoms with E-state index in [1.807, 2.05) is 0 Å². The van der Waals surface area contributed by atoms with Crippen molar-refractivity contribution in [3.05, 3.63) is 167 Å². The molecule has 0 heterocycles. The molecule has 8 aromatic carbocycles. The van der Waals surface area contributed by atoms with E-state index < -0.39 is 5.97 Å². The van der Waals surface area contributed by atoms with Gasteiger partial charge in [-0.2, -0.15) is 0 Å². The Hall–Kier alpha value is -4.27. The largest absolute Gasteiger partial charge is 0.481 e. The fourth-order valence-corrected chi connectivity index (χ4v) is 6.86. The average molecular weight is 824 g/mol. The average Bonchev–Trinajstić information content (AvgIpc) is 3.12. The minimum absolute atomic E-state index is 0.833. The van der Waals surface area contributed by atoms with E-state index in [1.54, 1.807) is 0 Å². The van der Waals surface area contributed by atoms with Crippen LogP contribution in [-0.2, 0) is 4.79 Å². The molecular formula is C42H32I2O2. The summed E-state index contributed by atoms with van der Waals surface area (Å²) in [6.07, 6.45) is 0. The van der Waals surface area contributed by atoms with Gasteiger partial charge in [0.2, 0.25) is 0 Å². The predicted molar refractivity (Wildman–Crippen MR) is 215 cm³/mol. The van der Waals surface area contributed by atoms with Gasteiger partial charge in [0.05, 0.1) is 0 Å². The van der Waals surface area contributed by atoms with Crippen molar-refractivity contribution in [2.75, 3.05) is 0 Å². The highest BCUT2D eigenvalue weighted by Crippen LogP contribution is 2.39. The van der Waals surface area contributed by atoms with Crippen molar-refractivity contribution in [3.8, 4) is 22.3 Å². The second-order valence-electron chi connectivity index (χ2n) is 10.7. The maximum Gasteiger partial charge on any atom is 0.300 e. The number of hydrogen-bond donors (Lipinski definition) is 1. The fourth-order valence-electron chi connectivity index (χ4n) is 5.92. The Bertz CT molecular complexity index is 2150. The van der Waals surface area contributed by atoms with Crippen molar-refractivity contribution in [2.24, 2.45) is 0 Å². The lowest BCUT2D eigenvalue weighted by atomic mass is 9.92. The van der Waals surface area contributed by atoms with Crippen molar-refractivity contribution in [3.63, 3.8) is 0 Å². The van der Waals surface area contributed by atoms with Gasteiger partial charge in [0.25, 0.3) is 5.97 Å². The highest BCUT2D eigenvalue weighted by atomic mass is 127. The minimum Gasteiger partial charge on any atom is -0.481 e. The van der Waals surface area contributed by atoms with Gasteiger partial charge < -0.3 is 5.11 Å². The van der Waals surface area contributed by atoms with Crippen LogP contribution in [0.2, 0.25) is 0 Å². The molecule has 0 saturated carbocycles. The van der Waals surface area contributed by atoms with E-state index in [1.165, 1.54) is 92.7 Å². The van der Waals surface area contributed by atoms with Crippen LogP contribution in [0.3, 0.4) is 0 Å². The number of hydrogen-bond acceptors (Lipinski definition) is 1. The molecule has 4 heteroatoms. The predicted octanol–water partition coefficient (Wildman–Crippen LogP) is 12.6. The van der Waals surface area contributed by atoms with Gasteiger partial charge in [-0.15, -0.1) is 23.8 Å². The molecule has 0 aliphatic heterocycles. The van der Waals surface area contributed by atoms with E-state index in [0.717, 1.165) is 6.92 Å². The Labute approximate surface area is 300 Å². The van der Waals surface area contributed by atoms with Gasteiger partial charge in [0.1, 0.15) is 0.594 Å². The van der Waals surface area contributed by atoms with Crippen molar-refractivity contribution in [1.29, 1.82) is 0.594 Å². The quantitative estimate of drug-likeness (QED) is 0.139. The number of carbonyl (C=O) groups is 1. The van der Waals surface area contributed by atoms with Crippen LogP contribution in [0.4, 0.5) is 0 Å². The summed E-state index contributed by atoms with van der Waals surface area (Å²) >= 11 is 3.87. The van der Waals surface area contributed by atoms with Gasteiger partial charge in [-0.3, -0.25) is 4.79 Å². The summed E-state index contributed by atoms with van der Waals surface area (Å²) in [6, 6.07) is 58.2.